The van der Waals surface area contributed by atoms with Crippen molar-refractivity contribution in [2.45, 2.75) is 51.0 Å². The van der Waals surface area contributed by atoms with E-state index in [0.717, 1.165) is 38.5 Å². The zero-order valence-corrected chi connectivity index (χ0v) is 14.6. The van der Waals surface area contributed by atoms with Gasteiger partial charge in [-0.1, -0.05) is 29.6 Å². The number of halogens is 2. The summed E-state index contributed by atoms with van der Waals surface area (Å²) in [5.74, 6) is 0.232. The van der Waals surface area contributed by atoms with Crippen molar-refractivity contribution in [1.29, 1.82) is 0 Å². The van der Waals surface area contributed by atoms with E-state index in [1.165, 1.54) is 0 Å². The van der Waals surface area contributed by atoms with Gasteiger partial charge in [-0.25, -0.2) is 0 Å². The van der Waals surface area contributed by atoms with Gasteiger partial charge in [-0.05, 0) is 62.6 Å². The molecule has 0 aromatic heterocycles. The lowest BCUT2D eigenvalue weighted by Gasteiger charge is -2.78. The normalized spacial score (nSPS) is 33.0. The van der Waals surface area contributed by atoms with Crippen molar-refractivity contribution in [2.75, 3.05) is 0 Å². The number of hydrogen-bond acceptors (Lipinski definition) is 2. The van der Waals surface area contributed by atoms with E-state index in [2.05, 4.69) is 5.32 Å². The molecule has 4 aliphatic carbocycles. The van der Waals surface area contributed by atoms with Crippen LogP contribution in [-0.2, 0) is 4.79 Å². The van der Waals surface area contributed by atoms with Gasteiger partial charge in [-0.2, -0.15) is 0 Å². The number of hydrogen-bond donors (Lipinski definition) is 1. The number of carbonyl (C=O) groups excluding carboxylic acids is 2. The third-order valence-electron chi connectivity index (χ3n) is 6.49. The van der Waals surface area contributed by atoms with Crippen LogP contribution in [0.2, 0.25) is 10.0 Å². The minimum absolute atomic E-state index is 0.0942. The Morgan fingerprint density at radius 3 is 2.22 bits per heavy atom. The molecular weight excluding hydrogens is 333 g/mol. The van der Waals surface area contributed by atoms with Crippen molar-refractivity contribution < 1.29 is 9.59 Å². The summed E-state index contributed by atoms with van der Waals surface area (Å²) in [4.78, 5) is 24.5. The lowest BCUT2D eigenvalue weighted by atomic mass is 9.28. The van der Waals surface area contributed by atoms with Gasteiger partial charge in [0.25, 0.3) is 5.91 Å². The summed E-state index contributed by atoms with van der Waals surface area (Å²) < 4.78 is 0. The summed E-state index contributed by atoms with van der Waals surface area (Å²) in [5.41, 5.74) is 0.481. The Bertz CT molecular complexity index is 704. The maximum atomic E-state index is 12.4. The first kappa shape index (κ1) is 15.5. The van der Waals surface area contributed by atoms with Gasteiger partial charge in [-0.15, -0.1) is 0 Å². The second kappa shape index (κ2) is 4.73. The van der Waals surface area contributed by atoms with E-state index in [-0.39, 0.29) is 22.3 Å². The molecular formula is C18H19Cl2NO2. The molecule has 1 aromatic carbocycles. The first-order valence-corrected chi connectivity index (χ1v) is 8.86. The molecule has 5 heteroatoms. The molecule has 3 nitrogen and oxygen atoms in total. The number of rotatable bonds is 4. The summed E-state index contributed by atoms with van der Waals surface area (Å²) in [6.45, 7) is 1.74. The van der Waals surface area contributed by atoms with Gasteiger partial charge in [0.15, 0.2) is 0 Å². The lowest BCUT2D eigenvalue weighted by molar-refractivity contribution is -0.243. The fourth-order valence-corrected chi connectivity index (χ4v) is 5.46. The Kier molecular flexibility index (Phi) is 3.18. The van der Waals surface area contributed by atoms with Crippen LogP contribution in [-0.4, -0.2) is 17.2 Å². The molecule has 0 aliphatic heterocycles. The summed E-state index contributed by atoms with van der Waals surface area (Å²) in [7, 11) is 0. The van der Waals surface area contributed by atoms with Gasteiger partial charge in [0, 0.05) is 16.5 Å². The zero-order valence-electron chi connectivity index (χ0n) is 13.0. The first-order chi connectivity index (χ1) is 10.8. The fraction of sp³-hybridized carbons (Fsp3) is 0.556. The van der Waals surface area contributed by atoms with E-state index in [9.17, 15) is 9.59 Å². The molecule has 23 heavy (non-hydrogen) atoms. The van der Waals surface area contributed by atoms with Gasteiger partial charge >= 0.3 is 0 Å². The molecule has 0 radical (unpaired) electrons. The minimum atomic E-state index is -0.110. The molecule has 2 bridgehead atoms. The molecule has 122 valence electrons. The topological polar surface area (TPSA) is 46.2 Å². The van der Waals surface area contributed by atoms with Crippen LogP contribution in [0.3, 0.4) is 0 Å². The van der Waals surface area contributed by atoms with E-state index in [0.29, 0.717) is 21.4 Å². The Hall–Kier alpha value is -1.06. The molecule has 0 unspecified atom stereocenters. The molecule has 4 fully saturated rings. The third-order valence-corrected chi connectivity index (χ3v) is 7.23. The second-order valence-corrected chi connectivity index (χ2v) is 8.48. The van der Waals surface area contributed by atoms with Crippen LogP contribution in [0.5, 0.6) is 0 Å². The summed E-state index contributed by atoms with van der Waals surface area (Å²) in [5, 5.41) is 3.99. The van der Waals surface area contributed by atoms with Crippen molar-refractivity contribution >= 4 is 34.9 Å². The van der Waals surface area contributed by atoms with Crippen LogP contribution in [0.25, 0.3) is 0 Å². The highest BCUT2D eigenvalue weighted by Crippen LogP contribution is 2.78. The van der Waals surface area contributed by atoms with Crippen molar-refractivity contribution in [3.8, 4) is 0 Å². The Morgan fingerprint density at radius 2 is 1.74 bits per heavy atom. The largest absolute Gasteiger partial charge is 0.347 e. The fourth-order valence-electron chi connectivity index (χ4n) is 5.16. The van der Waals surface area contributed by atoms with E-state index in [4.69, 9.17) is 23.2 Å². The molecule has 4 saturated carbocycles. The highest BCUT2D eigenvalue weighted by atomic mass is 35.5. The maximum absolute atomic E-state index is 12.4. The molecule has 1 N–H and O–H groups in total. The highest BCUT2D eigenvalue weighted by Gasteiger charge is 2.77. The molecule has 0 spiro atoms. The average Bonchev–Trinajstić information content (AvgIpc) is 2.35. The maximum Gasteiger partial charge on any atom is 0.251 e. The molecule has 5 rings (SSSR count). The molecule has 4 aliphatic rings. The van der Waals surface area contributed by atoms with Crippen LogP contribution in [0.1, 0.15) is 55.8 Å². The second-order valence-electron chi connectivity index (χ2n) is 7.67. The standard InChI is InChI=1S/C18H19Cl2NO2/c1-11(22)18(5-2-6-18)16-8-17(9-16,10-16)21-15(23)12-3-4-13(19)14(20)7-12/h3-4,7H,2,5-6,8-10H2,1H3,(H,21,23). The van der Waals surface area contributed by atoms with Gasteiger partial charge in [0.05, 0.1) is 10.0 Å². The van der Waals surface area contributed by atoms with Crippen molar-refractivity contribution in [3.05, 3.63) is 33.8 Å². The van der Waals surface area contributed by atoms with E-state index >= 15 is 0 Å². The Morgan fingerprint density at radius 1 is 1.09 bits per heavy atom. The lowest BCUT2D eigenvalue weighted by Crippen LogP contribution is -2.80. The molecule has 0 saturated heterocycles. The number of Topliss-reactive ketones (excluding diaryl/α,β-unsaturated/α-hetero) is 1. The molecule has 0 atom stereocenters. The predicted molar refractivity (Wildman–Crippen MR) is 89.9 cm³/mol. The summed E-state index contributed by atoms with van der Waals surface area (Å²) in [6.07, 6.45) is 6.02. The number of amides is 1. The third kappa shape index (κ3) is 1.96. The number of benzene rings is 1. The monoisotopic (exact) mass is 351 g/mol. The van der Waals surface area contributed by atoms with Crippen molar-refractivity contribution in [3.63, 3.8) is 0 Å². The SMILES string of the molecule is CC(=O)C1(C23CC(NC(=O)c4ccc(Cl)c(Cl)c4)(C2)C3)CCC1. The van der Waals surface area contributed by atoms with Gasteiger partial charge in [0.2, 0.25) is 0 Å². The smallest absolute Gasteiger partial charge is 0.251 e. The van der Waals surface area contributed by atoms with Gasteiger partial charge < -0.3 is 5.32 Å². The minimum Gasteiger partial charge on any atom is -0.347 e. The Balaban J connectivity index is 1.44. The Labute approximate surface area is 145 Å². The van der Waals surface area contributed by atoms with Crippen LogP contribution in [0.4, 0.5) is 0 Å². The molecule has 0 heterocycles. The average molecular weight is 352 g/mol. The summed E-state index contributed by atoms with van der Waals surface area (Å²) in [6, 6.07) is 4.93. The zero-order chi connectivity index (χ0) is 16.5. The van der Waals surface area contributed by atoms with E-state index in [1.807, 2.05) is 0 Å². The van der Waals surface area contributed by atoms with Gasteiger partial charge in [-0.3, -0.25) is 9.59 Å². The number of ketones is 1. The van der Waals surface area contributed by atoms with Crippen LogP contribution in [0, 0.1) is 10.8 Å². The van der Waals surface area contributed by atoms with Crippen LogP contribution >= 0.6 is 23.2 Å². The summed E-state index contributed by atoms with van der Waals surface area (Å²) >= 11 is 11.9. The van der Waals surface area contributed by atoms with E-state index < -0.39 is 0 Å². The molecule has 1 amide bonds. The predicted octanol–water partition coefficient (Wildman–Crippen LogP) is 4.41. The van der Waals surface area contributed by atoms with Crippen molar-refractivity contribution in [2.24, 2.45) is 10.8 Å². The van der Waals surface area contributed by atoms with Crippen LogP contribution in [0.15, 0.2) is 18.2 Å². The number of nitrogens with one attached hydrogen (secondary N) is 1. The molecule has 1 aromatic rings. The van der Waals surface area contributed by atoms with Gasteiger partial charge in [0.1, 0.15) is 5.78 Å². The van der Waals surface area contributed by atoms with Crippen LogP contribution < -0.4 is 5.32 Å². The number of carbonyl (C=O) groups is 2. The highest BCUT2D eigenvalue weighted by molar-refractivity contribution is 6.42. The first-order valence-electron chi connectivity index (χ1n) is 8.10. The van der Waals surface area contributed by atoms with E-state index in [1.54, 1.807) is 25.1 Å². The van der Waals surface area contributed by atoms with Crippen molar-refractivity contribution in [1.82, 2.24) is 5.32 Å². The quantitative estimate of drug-likeness (QED) is 0.873.